The summed E-state index contributed by atoms with van der Waals surface area (Å²) in [5, 5.41) is 14.2. The Morgan fingerprint density at radius 2 is 1.69 bits per heavy atom. The number of phenols is 1. The van der Waals surface area contributed by atoms with Gasteiger partial charge in [0.05, 0.1) is 0 Å². The van der Waals surface area contributed by atoms with E-state index < -0.39 is 10.0 Å². The van der Waals surface area contributed by atoms with Gasteiger partial charge in [0.25, 0.3) is 0 Å². The van der Waals surface area contributed by atoms with E-state index in [4.69, 9.17) is 5.14 Å². The summed E-state index contributed by atoms with van der Waals surface area (Å²) in [6.45, 7) is 3.53. The predicted molar refractivity (Wildman–Crippen MR) is 49.0 cm³/mol. The molecule has 0 saturated heterocycles. The molecule has 0 bridgehead atoms. The van der Waals surface area contributed by atoms with Gasteiger partial charge in [0.15, 0.2) is 0 Å². The number of hydrogen-bond acceptors (Lipinski definition) is 3. The molecule has 0 fully saturated rings. The van der Waals surface area contributed by atoms with Crippen molar-refractivity contribution < 1.29 is 13.5 Å². The molecule has 0 spiro atoms. The number of hydrogen-bond donors (Lipinski definition) is 2. The Kier molecular flexibility index (Phi) is 2.32. The SMILES string of the molecule is Cc1cc(O)c(S(N)(=O)=O)cc1C. The summed E-state index contributed by atoms with van der Waals surface area (Å²) in [5.41, 5.74) is 1.60. The molecular formula is C8H11NO3S. The number of primary sulfonamides is 1. The molecule has 0 aliphatic carbocycles. The van der Waals surface area contributed by atoms with Crippen molar-refractivity contribution in [3.63, 3.8) is 0 Å². The second-order valence-electron chi connectivity index (χ2n) is 2.95. The van der Waals surface area contributed by atoms with Crippen LogP contribution in [-0.4, -0.2) is 13.5 Å². The Morgan fingerprint density at radius 1 is 1.23 bits per heavy atom. The molecule has 0 radical (unpaired) electrons. The Morgan fingerprint density at radius 3 is 2.15 bits per heavy atom. The van der Waals surface area contributed by atoms with E-state index in [1.54, 1.807) is 13.8 Å². The van der Waals surface area contributed by atoms with Crippen molar-refractivity contribution in [2.24, 2.45) is 5.14 Å². The lowest BCUT2D eigenvalue weighted by Gasteiger charge is -2.05. The zero-order valence-electron chi connectivity index (χ0n) is 7.40. The number of sulfonamides is 1. The quantitative estimate of drug-likeness (QED) is 0.700. The van der Waals surface area contributed by atoms with Crippen LogP contribution in [0.1, 0.15) is 11.1 Å². The molecule has 0 unspecified atom stereocenters. The smallest absolute Gasteiger partial charge is 0.241 e. The molecule has 0 saturated carbocycles. The van der Waals surface area contributed by atoms with Crippen molar-refractivity contribution in [1.29, 1.82) is 0 Å². The molecule has 0 aliphatic rings. The molecule has 1 aromatic carbocycles. The number of aryl methyl sites for hydroxylation is 2. The zero-order valence-corrected chi connectivity index (χ0v) is 8.22. The van der Waals surface area contributed by atoms with E-state index in [-0.39, 0.29) is 10.6 Å². The molecule has 72 valence electrons. The monoisotopic (exact) mass is 201 g/mol. The highest BCUT2D eigenvalue weighted by Gasteiger charge is 2.14. The van der Waals surface area contributed by atoms with Gasteiger partial charge in [-0.3, -0.25) is 0 Å². The van der Waals surface area contributed by atoms with E-state index in [2.05, 4.69) is 0 Å². The topological polar surface area (TPSA) is 80.4 Å². The number of rotatable bonds is 1. The lowest BCUT2D eigenvalue weighted by Crippen LogP contribution is -2.12. The van der Waals surface area contributed by atoms with Crippen molar-refractivity contribution in [3.8, 4) is 5.75 Å². The standard InChI is InChI=1S/C8H11NO3S/c1-5-3-7(10)8(4-6(5)2)13(9,11)12/h3-4,10H,1-2H3,(H2,9,11,12). The molecular weight excluding hydrogens is 190 g/mol. The third-order valence-corrected chi connectivity index (χ3v) is 2.82. The fourth-order valence-corrected chi connectivity index (χ4v) is 1.69. The third kappa shape index (κ3) is 1.99. The van der Waals surface area contributed by atoms with Crippen LogP contribution in [0.5, 0.6) is 5.75 Å². The summed E-state index contributed by atoms with van der Waals surface area (Å²) in [6.07, 6.45) is 0. The third-order valence-electron chi connectivity index (χ3n) is 1.88. The lowest BCUT2D eigenvalue weighted by atomic mass is 10.1. The molecule has 0 aliphatic heterocycles. The first-order chi connectivity index (χ1) is 5.82. The minimum atomic E-state index is -3.82. The molecule has 1 rings (SSSR count). The Labute approximate surface area is 77.1 Å². The highest BCUT2D eigenvalue weighted by molar-refractivity contribution is 7.89. The maximum atomic E-state index is 10.9. The van der Waals surface area contributed by atoms with Crippen LogP contribution in [-0.2, 0) is 10.0 Å². The maximum Gasteiger partial charge on any atom is 0.241 e. The van der Waals surface area contributed by atoms with Gasteiger partial charge in [0.1, 0.15) is 10.6 Å². The van der Waals surface area contributed by atoms with Crippen molar-refractivity contribution in [1.82, 2.24) is 0 Å². The summed E-state index contributed by atoms with van der Waals surface area (Å²) in [6, 6.07) is 2.75. The van der Waals surface area contributed by atoms with E-state index in [0.717, 1.165) is 11.1 Å². The Balaban J connectivity index is 3.50. The van der Waals surface area contributed by atoms with Crippen LogP contribution in [0.3, 0.4) is 0 Å². The van der Waals surface area contributed by atoms with Crippen molar-refractivity contribution >= 4 is 10.0 Å². The maximum absolute atomic E-state index is 10.9. The van der Waals surface area contributed by atoms with Crippen molar-refractivity contribution in [2.75, 3.05) is 0 Å². The normalized spacial score (nSPS) is 11.6. The van der Waals surface area contributed by atoms with Gasteiger partial charge in [-0.25, -0.2) is 13.6 Å². The van der Waals surface area contributed by atoms with E-state index in [9.17, 15) is 13.5 Å². The van der Waals surface area contributed by atoms with Gasteiger partial charge in [-0.2, -0.15) is 0 Å². The number of nitrogens with two attached hydrogens (primary N) is 1. The molecule has 13 heavy (non-hydrogen) atoms. The highest BCUT2D eigenvalue weighted by Crippen LogP contribution is 2.24. The molecule has 0 amide bonds. The van der Waals surface area contributed by atoms with Crippen LogP contribution in [0, 0.1) is 13.8 Å². The van der Waals surface area contributed by atoms with E-state index in [1.807, 2.05) is 0 Å². The minimum absolute atomic E-state index is 0.226. The second kappa shape index (κ2) is 3.01. The summed E-state index contributed by atoms with van der Waals surface area (Å²) < 4.78 is 21.9. The molecule has 3 N–H and O–H groups in total. The fraction of sp³-hybridized carbons (Fsp3) is 0.250. The molecule has 0 aromatic heterocycles. The number of phenolic OH excluding ortho intramolecular Hbond substituents is 1. The first-order valence-electron chi connectivity index (χ1n) is 3.65. The first kappa shape index (κ1) is 10.0. The van der Waals surface area contributed by atoms with Gasteiger partial charge in [0.2, 0.25) is 10.0 Å². The molecule has 5 heteroatoms. The Hall–Kier alpha value is -1.07. The largest absolute Gasteiger partial charge is 0.507 e. The Bertz CT molecular complexity index is 437. The van der Waals surface area contributed by atoms with Crippen LogP contribution >= 0.6 is 0 Å². The molecule has 1 aromatic rings. The van der Waals surface area contributed by atoms with Gasteiger partial charge in [0, 0.05) is 0 Å². The van der Waals surface area contributed by atoms with Crippen LogP contribution in [0.15, 0.2) is 17.0 Å². The van der Waals surface area contributed by atoms with Crippen LogP contribution in [0.2, 0.25) is 0 Å². The zero-order chi connectivity index (χ0) is 10.2. The number of aromatic hydroxyl groups is 1. The van der Waals surface area contributed by atoms with Gasteiger partial charge in [-0.15, -0.1) is 0 Å². The molecule has 0 atom stereocenters. The van der Waals surface area contributed by atoms with E-state index in [0.29, 0.717) is 0 Å². The van der Waals surface area contributed by atoms with Crippen molar-refractivity contribution in [3.05, 3.63) is 23.3 Å². The summed E-state index contributed by atoms with van der Waals surface area (Å²) >= 11 is 0. The van der Waals surface area contributed by atoms with Crippen LogP contribution in [0.25, 0.3) is 0 Å². The van der Waals surface area contributed by atoms with E-state index >= 15 is 0 Å². The van der Waals surface area contributed by atoms with Gasteiger partial charge >= 0.3 is 0 Å². The fourth-order valence-electron chi connectivity index (χ4n) is 1.00. The van der Waals surface area contributed by atoms with Gasteiger partial charge in [-0.1, -0.05) is 0 Å². The predicted octanol–water partition coefficient (Wildman–Crippen LogP) is 0.656. The van der Waals surface area contributed by atoms with Gasteiger partial charge in [-0.05, 0) is 37.1 Å². The average Bonchev–Trinajstić information content (AvgIpc) is 1.94. The summed E-state index contributed by atoms with van der Waals surface area (Å²) in [5.74, 6) is -0.300. The number of benzene rings is 1. The minimum Gasteiger partial charge on any atom is -0.507 e. The van der Waals surface area contributed by atoms with Crippen LogP contribution in [0.4, 0.5) is 0 Å². The van der Waals surface area contributed by atoms with Crippen LogP contribution < -0.4 is 5.14 Å². The molecule has 4 nitrogen and oxygen atoms in total. The summed E-state index contributed by atoms with van der Waals surface area (Å²) in [7, 11) is -3.82. The summed E-state index contributed by atoms with van der Waals surface area (Å²) in [4.78, 5) is -0.226. The first-order valence-corrected chi connectivity index (χ1v) is 5.20. The highest BCUT2D eigenvalue weighted by atomic mass is 32.2. The molecule has 0 heterocycles. The van der Waals surface area contributed by atoms with Gasteiger partial charge < -0.3 is 5.11 Å². The van der Waals surface area contributed by atoms with E-state index in [1.165, 1.54) is 12.1 Å². The van der Waals surface area contributed by atoms with Crippen molar-refractivity contribution in [2.45, 2.75) is 18.7 Å². The lowest BCUT2D eigenvalue weighted by molar-refractivity contribution is 0.458. The second-order valence-corrected chi connectivity index (χ2v) is 4.48. The average molecular weight is 201 g/mol.